The van der Waals surface area contributed by atoms with Crippen LogP contribution in [0.3, 0.4) is 0 Å². The maximum absolute atomic E-state index is 13.9. The van der Waals surface area contributed by atoms with Gasteiger partial charge in [-0.15, -0.1) is 0 Å². The lowest BCUT2D eigenvalue weighted by Crippen LogP contribution is -2.67. The standard InChI is InChI=1S/C29H30N4O4/c1-30-26(35)29(27(36)31(2)28(30)37,14-21-9-5-8-20-7-3-4-10-23(20)21)18-32-15-19-13-22(17-32)24-11-6-12-25(34)33(24)16-19/h3-12,19,22H,13-18H2,1-2H3. The van der Waals surface area contributed by atoms with Crippen LogP contribution in [0.2, 0.25) is 0 Å². The first-order chi connectivity index (χ1) is 17.8. The first kappa shape index (κ1) is 23.6. The van der Waals surface area contributed by atoms with Crippen LogP contribution in [0.25, 0.3) is 10.8 Å². The van der Waals surface area contributed by atoms with Crippen molar-refractivity contribution in [1.29, 1.82) is 0 Å². The van der Waals surface area contributed by atoms with Gasteiger partial charge < -0.3 is 9.47 Å². The van der Waals surface area contributed by atoms with E-state index in [4.69, 9.17) is 0 Å². The number of fused-ring (bicyclic) bond motifs is 5. The lowest BCUT2D eigenvalue weighted by Gasteiger charge is -2.48. The molecule has 8 nitrogen and oxygen atoms in total. The Morgan fingerprint density at radius 3 is 2.30 bits per heavy atom. The minimum absolute atomic E-state index is 0.0208. The van der Waals surface area contributed by atoms with Crippen LogP contribution in [-0.4, -0.2) is 70.8 Å². The molecule has 37 heavy (non-hydrogen) atoms. The molecule has 2 fully saturated rings. The minimum Gasteiger partial charge on any atom is -0.312 e. The maximum atomic E-state index is 13.9. The van der Waals surface area contributed by atoms with Crippen LogP contribution in [-0.2, 0) is 22.6 Å². The molecular formula is C29H30N4O4. The normalized spacial score (nSPS) is 23.5. The number of imide groups is 2. The molecule has 3 aromatic rings. The van der Waals surface area contributed by atoms with E-state index in [0.717, 1.165) is 38.3 Å². The van der Waals surface area contributed by atoms with Crippen LogP contribution in [0, 0.1) is 11.3 Å². The Bertz CT molecular complexity index is 1470. The zero-order valence-electron chi connectivity index (χ0n) is 21.1. The molecule has 0 aliphatic carbocycles. The zero-order valence-corrected chi connectivity index (χ0v) is 21.1. The molecule has 0 N–H and O–H groups in total. The van der Waals surface area contributed by atoms with E-state index in [1.54, 1.807) is 12.1 Å². The summed E-state index contributed by atoms with van der Waals surface area (Å²) in [7, 11) is 2.91. The summed E-state index contributed by atoms with van der Waals surface area (Å²) < 4.78 is 1.87. The van der Waals surface area contributed by atoms with Gasteiger partial charge in [-0.05, 0) is 41.2 Å². The van der Waals surface area contributed by atoms with E-state index in [0.29, 0.717) is 19.6 Å². The number of aromatic nitrogens is 1. The van der Waals surface area contributed by atoms with Crippen LogP contribution >= 0.6 is 0 Å². The molecular weight excluding hydrogens is 468 g/mol. The molecule has 2 unspecified atom stereocenters. The van der Waals surface area contributed by atoms with E-state index in [2.05, 4.69) is 4.90 Å². The highest BCUT2D eigenvalue weighted by atomic mass is 16.2. The van der Waals surface area contributed by atoms with Crippen molar-refractivity contribution >= 4 is 28.6 Å². The van der Waals surface area contributed by atoms with Gasteiger partial charge in [0.25, 0.3) is 5.56 Å². The highest BCUT2D eigenvalue weighted by molar-refractivity contribution is 6.19. The fraction of sp³-hybridized carbons (Fsp3) is 0.379. The second kappa shape index (κ2) is 8.66. The number of nitrogens with zero attached hydrogens (tertiary/aromatic N) is 4. The van der Waals surface area contributed by atoms with E-state index >= 15 is 0 Å². The van der Waals surface area contributed by atoms with Gasteiger partial charge in [0.05, 0.1) is 0 Å². The fourth-order valence-corrected chi connectivity index (χ4v) is 6.75. The Kier molecular flexibility index (Phi) is 5.53. The smallest absolute Gasteiger partial charge is 0.312 e. The van der Waals surface area contributed by atoms with E-state index in [9.17, 15) is 19.2 Å². The molecule has 4 amide bonds. The minimum atomic E-state index is -1.43. The van der Waals surface area contributed by atoms with E-state index in [1.165, 1.54) is 14.1 Å². The van der Waals surface area contributed by atoms with Crippen LogP contribution in [0.15, 0.2) is 65.5 Å². The molecule has 0 radical (unpaired) electrons. The topological polar surface area (TPSA) is 82.9 Å². The number of amides is 4. The summed E-state index contributed by atoms with van der Waals surface area (Å²) in [5.74, 6) is -0.504. The first-order valence-electron chi connectivity index (χ1n) is 12.8. The molecule has 2 bridgehead atoms. The second-order valence-corrected chi connectivity index (χ2v) is 10.8. The molecule has 3 aliphatic rings. The number of benzene rings is 2. The molecule has 0 saturated carbocycles. The van der Waals surface area contributed by atoms with Gasteiger partial charge in [0.2, 0.25) is 11.8 Å². The Morgan fingerprint density at radius 1 is 0.811 bits per heavy atom. The molecule has 3 aliphatic heterocycles. The van der Waals surface area contributed by atoms with Gasteiger partial charge in [-0.1, -0.05) is 48.5 Å². The summed E-state index contributed by atoms with van der Waals surface area (Å²) in [5, 5.41) is 2.04. The van der Waals surface area contributed by atoms with Crippen molar-refractivity contribution in [3.8, 4) is 0 Å². The SMILES string of the molecule is CN1C(=O)N(C)C(=O)C(Cc2cccc3ccccc23)(CN2CC3CC(C2)c2cccc(=O)n2C3)C1=O. The van der Waals surface area contributed by atoms with Crippen molar-refractivity contribution in [3.05, 3.63) is 82.3 Å². The number of likely N-dealkylation sites (tertiary alicyclic amines) is 1. The zero-order chi connectivity index (χ0) is 25.9. The number of hydrogen-bond donors (Lipinski definition) is 0. The van der Waals surface area contributed by atoms with Crippen LogP contribution < -0.4 is 5.56 Å². The number of piperidine rings is 1. The molecule has 0 spiro atoms. The maximum Gasteiger partial charge on any atom is 0.332 e. The van der Waals surface area contributed by atoms with Gasteiger partial charge in [-0.25, -0.2) is 4.79 Å². The van der Waals surface area contributed by atoms with E-state index < -0.39 is 23.3 Å². The molecule has 1 aromatic heterocycles. The Morgan fingerprint density at radius 2 is 1.51 bits per heavy atom. The van der Waals surface area contributed by atoms with Crippen LogP contribution in [0.1, 0.15) is 23.6 Å². The average Bonchev–Trinajstić information content (AvgIpc) is 2.90. The molecule has 8 heteroatoms. The first-order valence-corrected chi connectivity index (χ1v) is 12.8. The van der Waals surface area contributed by atoms with Crippen molar-refractivity contribution in [3.63, 3.8) is 0 Å². The Hall–Kier alpha value is -3.78. The molecule has 2 saturated heterocycles. The summed E-state index contributed by atoms with van der Waals surface area (Å²) in [6.07, 6.45) is 1.19. The summed E-state index contributed by atoms with van der Waals surface area (Å²) in [6, 6.07) is 18.7. The van der Waals surface area contributed by atoms with Crippen molar-refractivity contribution in [2.24, 2.45) is 11.3 Å². The summed E-state index contributed by atoms with van der Waals surface area (Å²) in [5.41, 5.74) is 0.517. The van der Waals surface area contributed by atoms with Gasteiger partial charge in [0, 0.05) is 58.0 Å². The third-order valence-corrected chi connectivity index (χ3v) is 8.42. The van der Waals surface area contributed by atoms with Crippen LogP contribution in [0.4, 0.5) is 4.79 Å². The highest BCUT2D eigenvalue weighted by Crippen LogP contribution is 2.40. The van der Waals surface area contributed by atoms with Gasteiger partial charge in [-0.2, -0.15) is 0 Å². The van der Waals surface area contributed by atoms with E-state index in [-0.39, 0.29) is 30.4 Å². The molecule has 2 atom stereocenters. The monoisotopic (exact) mass is 498 g/mol. The van der Waals surface area contributed by atoms with Gasteiger partial charge in [0.15, 0.2) is 0 Å². The number of hydrogen-bond acceptors (Lipinski definition) is 5. The number of carbonyl (C=O) groups is 3. The second-order valence-electron chi connectivity index (χ2n) is 10.8. The number of urea groups is 1. The predicted octanol–water partition coefficient (Wildman–Crippen LogP) is 2.70. The molecule has 2 aromatic carbocycles. The average molecular weight is 499 g/mol. The third-order valence-electron chi connectivity index (χ3n) is 8.42. The lowest BCUT2D eigenvalue weighted by atomic mass is 9.74. The molecule has 190 valence electrons. The summed E-state index contributed by atoms with van der Waals surface area (Å²) in [4.78, 5) is 57.3. The van der Waals surface area contributed by atoms with E-state index in [1.807, 2.05) is 53.1 Å². The number of rotatable bonds is 4. The predicted molar refractivity (Wildman–Crippen MR) is 139 cm³/mol. The molecule has 4 heterocycles. The van der Waals surface area contributed by atoms with Gasteiger partial charge in [-0.3, -0.25) is 24.2 Å². The van der Waals surface area contributed by atoms with Gasteiger partial charge >= 0.3 is 6.03 Å². The number of barbiturate groups is 1. The van der Waals surface area contributed by atoms with Crippen molar-refractivity contribution in [1.82, 2.24) is 19.3 Å². The van der Waals surface area contributed by atoms with Crippen molar-refractivity contribution < 1.29 is 14.4 Å². The molecule has 6 rings (SSSR count). The van der Waals surface area contributed by atoms with Gasteiger partial charge in [0.1, 0.15) is 5.41 Å². The quantitative estimate of drug-likeness (QED) is 0.517. The number of carbonyl (C=O) groups excluding carboxylic acids is 3. The Labute approximate surface area is 215 Å². The summed E-state index contributed by atoms with van der Waals surface area (Å²) in [6.45, 7) is 2.20. The third kappa shape index (κ3) is 3.70. The van der Waals surface area contributed by atoms with Crippen molar-refractivity contribution in [2.45, 2.75) is 25.3 Å². The fourth-order valence-electron chi connectivity index (χ4n) is 6.75. The highest BCUT2D eigenvalue weighted by Gasteiger charge is 2.56. The van der Waals surface area contributed by atoms with Crippen LogP contribution in [0.5, 0.6) is 0 Å². The number of pyridine rings is 1. The largest absolute Gasteiger partial charge is 0.332 e. The Balaban J connectivity index is 1.40. The van der Waals surface area contributed by atoms with Crippen molar-refractivity contribution in [2.75, 3.05) is 33.7 Å². The summed E-state index contributed by atoms with van der Waals surface area (Å²) >= 11 is 0. The lowest BCUT2D eigenvalue weighted by molar-refractivity contribution is -0.159.